The fraction of sp³-hybridized carbons (Fsp3) is 0.600. The number of rotatable bonds is 0. The second-order valence-electron chi connectivity index (χ2n) is 0. The Labute approximate surface area is 66.5 Å². The van der Waals surface area contributed by atoms with E-state index in [1.54, 1.807) is 13.8 Å². The molecule has 0 amide bonds. The van der Waals surface area contributed by atoms with Crippen molar-refractivity contribution in [2.45, 2.75) is 13.8 Å². The number of nitrogens with one attached hydrogen (secondary N) is 1. The first kappa shape index (κ1) is 24.9. The van der Waals surface area contributed by atoms with Crippen LogP contribution in [0.1, 0.15) is 13.8 Å². The largest absolute Gasteiger partial charge is 0.680 e. The van der Waals surface area contributed by atoms with Gasteiger partial charge in [0.15, 0.2) is 0 Å². The fourth-order valence-electron chi connectivity index (χ4n) is 0. The molecule has 0 saturated carbocycles. The van der Waals surface area contributed by atoms with Crippen LogP contribution < -0.4 is 0 Å². The van der Waals surface area contributed by atoms with E-state index in [-0.39, 0.29) is 25.8 Å². The summed E-state index contributed by atoms with van der Waals surface area (Å²) in [6.07, 6.45) is 0. The van der Waals surface area contributed by atoms with E-state index in [0.29, 0.717) is 0 Å². The second kappa shape index (κ2) is 337. The third-order valence-electron chi connectivity index (χ3n) is 0. The summed E-state index contributed by atoms with van der Waals surface area (Å²) in [5.74, 6) is 0. The summed E-state index contributed by atoms with van der Waals surface area (Å²) < 4.78 is 0. The predicted octanol–water partition coefficient (Wildman–Crippen LogP) is 2.35. The molecule has 0 radical (unpaired) electrons. The molecule has 2 heteroatoms. The summed E-state index contributed by atoms with van der Waals surface area (Å²) in [6.45, 7) is 10.0. The van der Waals surface area contributed by atoms with Crippen LogP contribution in [-0.4, -0.2) is 7.05 Å². The van der Waals surface area contributed by atoms with E-state index in [1.807, 2.05) is 0 Å². The minimum atomic E-state index is 0. The van der Waals surface area contributed by atoms with Crippen LogP contribution in [0.25, 0.3) is 5.73 Å². The van der Waals surface area contributed by atoms with Gasteiger partial charge in [-0.2, -0.15) is 20.9 Å². The van der Waals surface area contributed by atoms with E-state index in [1.165, 1.54) is 7.05 Å². The topological polar surface area (TPSA) is 23.8 Å². The summed E-state index contributed by atoms with van der Waals surface area (Å²) in [4.78, 5) is 0. The molecule has 0 aliphatic carbocycles. The van der Waals surface area contributed by atoms with E-state index in [9.17, 15) is 0 Å². The molecule has 1 nitrogen and oxygen atoms in total. The molecule has 0 aliphatic heterocycles. The molecule has 0 aliphatic rings. The van der Waals surface area contributed by atoms with Gasteiger partial charge in [0, 0.05) is 25.8 Å². The van der Waals surface area contributed by atoms with Crippen LogP contribution in [0.3, 0.4) is 0 Å². The summed E-state index contributed by atoms with van der Waals surface area (Å²) in [7, 11) is 1.25. The second-order valence-corrected chi connectivity index (χ2v) is 0. The van der Waals surface area contributed by atoms with Gasteiger partial charge in [0.1, 0.15) is 0 Å². The van der Waals surface area contributed by atoms with E-state index < -0.39 is 0 Å². The minimum absolute atomic E-state index is 0. The van der Waals surface area contributed by atoms with Crippen molar-refractivity contribution in [1.29, 1.82) is 0 Å². The molecule has 0 bridgehead atoms. The average Bonchev–Trinajstić information content (AvgIpc) is 1.81. The van der Waals surface area contributed by atoms with Crippen molar-refractivity contribution in [3.05, 3.63) is 19.6 Å². The van der Waals surface area contributed by atoms with E-state index in [4.69, 9.17) is 5.73 Å². The Kier molecular flexibility index (Phi) is 1200. The molecule has 0 aromatic heterocycles. The Morgan fingerprint density at radius 1 is 0.857 bits per heavy atom. The van der Waals surface area contributed by atoms with E-state index in [2.05, 4.69) is 13.8 Å². The van der Waals surface area contributed by atoms with Gasteiger partial charge in [-0.3, -0.25) is 0 Å². The molecular weight excluding hydrogens is 253 g/mol. The van der Waals surface area contributed by atoms with Crippen molar-refractivity contribution < 1.29 is 25.8 Å². The van der Waals surface area contributed by atoms with Crippen LogP contribution in [0, 0.1) is 13.8 Å². The Bertz CT molecular complexity index is 8.04. The van der Waals surface area contributed by atoms with Crippen LogP contribution in [0.5, 0.6) is 0 Å². The first-order valence-corrected chi connectivity index (χ1v) is 1.91. The summed E-state index contributed by atoms with van der Waals surface area (Å²) in [6, 6.07) is 0. The minimum Gasteiger partial charge on any atom is -0.680 e. The molecule has 46 valence electrons. The molecule has 0 atom stereocenters. The van der Waals surface area contributed by atoms with E-state index in [0.717, 1.165) is 0 Å². The number of hydrogen-bond donors (Lipinski definition) is 0. The molecule has 0 aromatic rings. The van der Waals surface area contributed by atoms with Gasteiger partial charge < -0.3 is 19.6 Å². The molecule has 1 N–H and O–H groups in total. The van der Waals surface area contributed by atoms with Crippen molar-refractivity contribution in [2.75, 3.05) is 7.05 Å². The van der Waals surface area contributed by atoms with E-state index >= 15 is 0 Å². The van der Waals surface area contributed by atoms with Crippen molar-refractivity contribution in [2.24, 2.45) is 0 Å². The Morgan fingerprint density at radius 3 is 0.857 bits per heavy atom. The van der Waals surface area contributed by atoms with Gasteiger partial charge in [-0.05, 0) is 0 Å². The maximum absolute atomic E-state index is 5.75. The molecule has 0 fully saturated rings. The van der Waals surface area contributed by atoms with Gasteiger partial charge in [-0.25, -0.2) is 0 Å². The molecule has 0 rings (SSSR count). The maximum Gasteiger partial charge on any atom is 0 e. The summed E-state index contributed by atoms with van der Waals surface area (Å²) in [5.41, 5.74) is 5.75. The molecule has 0 unspecified atom stereocenters. The maximum atomic E-state index is 5.75. The van der Waals surface area contributed by atoms with Gasteiger partial charge in [-0.1, -0.05) is 0 Å². The van der Waals surface area contributed by atoms with Gasteiger partial charge in [-0.15, -0.1) is 0 Å². The van der Waals surface area contributed by atoms with Crippen LogP contribution >= 0.6 is 0 Å². The Hall–Kier alpha value is 0.830. The van der Waals surface area contributed by atoms with Crippen molar-refractivity contribution in [3.8, 4) is 0 Å². The third kappa shape index (κ3) is 231. The van der Waals surface area contributed by atoms with Crippen LogP contribution in [-0.2, 0) is 25.8 Å². The van der Waals surface area contributed by atoms with Crippen LogP contribution in [0.2, 0.25) is 0 Å². The zero-order valence-corrected chi connectivity index (χ0v) is 9.01. The third-order valence-corrected chi connectivity index (χ3v) is 0. The van der Waals surface area contributed by atoms with Crippen LogP contribution in [0.15, 0.2) is 0 Å². The standard InChI is InChI=1S/2C2H5.CH4N.Hf/c3*1-2;/h2*1H2,2H3;2H,1H3;/q3*-1;. The first-order chi connectivity index (χ1) is 3.00. The predicted molar refractivity (Wildman–Crippen MR) is 32.3 cm³/mol. The SMILES string of the molecule is C[NH-].[CH2-]C.[CH2-]C.[Hf]. The Balaban J connectivity index is -0.00000000900. The quantitative estimate of drug-likeness (QED) is 0.475. The van der Waals surface area contributed by atoms with Crippen molar-refractivity contribution in [1.82, 2.24) is 0 Å². The average molecular weight is 267 g/mol. The smallest absolute Gasteiger partial charge is 0 e. The molecule has 0 aromatic carbocycles. The molecule has 7 heavy (non-hydrogen) atoms. The fourth-order valence-corrected chi connectivity index (χ4v) is 0. The Morgan fingerprint density at radius 2 is 0.857 bits per heavy atom. The van der Waals surface area contributed by atoms with Gasteiger partial charge in [0.2, 0.25) is 0 Å². The monoisotopic (exact) mass is 268 g/mol. The van der Waals surface area contributed by atoms with Gasteiger partial charge in [0.25, 0.3) is 0 Å². The molecular formula is C5H14HfN-3. The summed E-state index contributed by atoms with van der Waals surface area (Å²) >= 11 is 0. The zero-order valence-electron chi connectivity index (χ0n) is 5.41. The summed E-state index contributed by atoms with van der Waals surface area (Å²) in [5, 5.41) is 0. The van der Waals surface area contributed by atoms with Gasteiger partial charge >= 0.3 is 0 Å². The number of hydrogen-bond acceptors (Lipinski definition) is 0. The van der Waals surface area contributed by atoms with Crippen LogP contribution in [0.4, 0.5) is 0 Å². The zero-order chi connectivity index (χ0) is 6.00. The molecule has 0 saturated heterocycles. The van der Waals surface area contributed by atoms with Crippen molar-refractivity contribution >= 4 is 0 Å². The van der Waals surface area contributed by atoms with Gasteiger partial charge in [0.05, 0.1) is 0 Å². The first-order valence-electron chi connectivity index (χ1n) is 1.91. The molecule has 0 heterocycles. The molecule has 0 spiro atoms. The normalized spacial score (nSPS) is 2.57. The van der Waals surface area contributed by atoms with Crippen molar-refractivity contribution in [3.63, 3.8) is 0 Å².